The zero-order valence-corrected chi connectivity index (χ0v) is 11.7. The smallest absolute Gasteiger partial charge is 0.276 e. The third-order valence-electron chi connectivity index (χ3n) is 3.39. The van der Waals surface area contributed by atoms with Crippen LogP contribution in [0.1, 0.15) is 19.8 Å². The van der Waals surface area contributed by atoms with Gasteiger partial charge in [-0.05, 0) is 26.8 Å². The number of hydrogen-bond acceptors (Lipinski definition) is 5. The molecule has 1 aromatic rings. The van der Waals surface area contributed by atoms with Gasteiger partial charge in [0.05, 0.1) is 17.1 Å². The number of anilines is 1. The van der Waals surface area contributed by atoms with Crippen LogP contribution in [0.3, 0.4) is 0 Å². The molecule has 1 unspecified atom stereocenters. The Morgan fingerprint density at radius 3 is 2.89 bits per heavy atom. The van der Waals surface area contributed by atoms with Crippen LogP contribution in [-0.4, -0.2) is 40.5 Å². The lowest BCUT2D eigenvalue weighted by atomic mass is 10.3. The minimum Gasteiger partial charge on any atom is -0.368 e. The monoisotopic (exact) mass is 284 g/mol. The van der Waals surface area contributed by atoms with Gasteiger partial charge in [0, 0.05) is 18.6 Å². The Bertz CT molecular complexity index is 479. The van der Waals surface area contributed by atoms with Crippen molar-refractivity contribution in [3.8, 4) is 0 Å². The fourth-order valence-corrected chi connectivity index (χ4v) is 2.12. The van der Waals surface area contributed by atoms with Gasteiger partial charge in [0.1, 0.15) is 11.0 Å². The van der Waals surface area contributed by atoms with E-state index in [1.807, 2.05) is 0 Å². The third kappa shape index (κ3) is 3.78. The third-order valence-corrected chi connectivity index (χ3v) is 3.58. The van der Waals surface area contributed by atoms with Gasteiger partial charge in [0.2, 0.25) is 0 Å². The van der Waals surface area contributed by atoms with Crippen molar-refractivity contribution in [1.29, 1.82) is 0 Å². The van der Waals surface area contributed by atoms with E-state index in [1.54, 1.807) is 0 Å². The number of nitrogens with one attached hydrogen (secondary N) is 1. The van der Waals surface area contributed by atoms with Crippen molar-refractivity contribution >= 4 is 23.1 Å². The number of aromatic nitrogens is 1. The minimum atomic E-state index is -0.474. The lowest BCUT2D eigenvalue weighted by Gasteiger charge is -2.24. The molecule has 19 heavy (non-hydrogen) atoms. The topological polar surface area (TPSA) is 71.3 Å². The molecule has 0 aromatic carbocycles. The first-order valence-electron chi connectivity index (χ1n) is 6.25. The van der Waals surface area contributed by atoms with E-state index in [4.69, 9.17) is 11.6 Å². The molecule has 1 aromatic heterocycles. The Morgan fingerprint density at radius 1 is 1.63 bits per heavy atom. The highest BCUT2D eigenvalue weighted by atomic mass is 35.5. The van der Waals surface area contributed by atoms with Crippen LogP contribution in [0.2, 0.25) is 5.15 Å². The molecule has 0 saturated heterocycles. The SMILES string of the molecule is CC(CNc1cc([N+](=O)[O-])cc(Cl)n1)N(C)C1CC1. The molecular formula is C12H17ClN4O2. The zero-order valence-electron chi connectivity index (χ0n) is 11.0. The number of likely N-dealkylation sites (N-methyl/N-ethyl adjacent to an activating group) is 1. The molecule has 1 N–H and O–H groups in total. The van der Waals surface area contributed by atoms with Crippen LogP contribution in [0.25, 0.3) is 0 Å². The van der Waals surface area contributed by atoms with Crippen LogP contribution >= 0.6 is 11.6 Å². The van der Waals surface area contributed by atoms with Gasteiger partial charge in [0.25, 0.3) is 5.69 Å². The Balaban J connectivity index is 1.96. The molecule has 7 heteroatoms. The molecule has 0 aliphatic heterocycles. The standard InChI is InChI=1S/C12H17ClN4O2/c1-8(16(2)9-3-4-9)7-14-12-6-10(17(18)19)5-11(13)15-12/h5-6,8-9H,3-4,7H2,1-2H3,(H,14,15). The molecule has 1 atom stereocenters. The summed E-state index contributed by atoms with van der Waals surface area (Å²) in [5.41, 5.74) is -0.0503. The Kier molecular flexibility index (Phi) is 4.21. The number of pyridine rings is 1. The number of halogens is 1. The van der Waals surface area contributed by atoms with Gasteiger partial charge >= 0.3 is 0 Å². The summed E-state index contributed by atoms with van der Waals surface area (Å²) in [5.74, 6) is 0.440. The molecule has 104 valence electrons. The van der Waals surface area contributed by atoms with Crippen molar-refractivity contribution in [2.75, 3.05) is 18.9 Å². The number of nitrogens with zero attached hydrogens (tertiary/aromatic N) is 3. The zero-order chi connectivity index (χ0) is 14.0. The summed E-state index contributed by atoms with van der Waals surface area (Å²) in [5, 5.41) is 14.0. The average molecular weight is 285 g/mol. The second-order valence-corrected chi connectivity index (χ2v) is 5.30. The summed E-state index contributed by atoms with van der Waals surface area (Å²) in [6.45, 7) is 2.79. The van der Waals surface area contributed by atoms with Gasteiger partial charge < -0.3 is 5.32 Å². The largest absolute Gasteiger partial charge is 0.368 e. The van der Waals surface area contributed by atoms with E-state index in [9.17, 15) is 10.1 Å². The normalized spacial score (nSPS) is 16.4. The lowest BCUT2D eigenvalue weighted by Crippen LogP contribution is -2.36. The maximum absolute atomic E-state index is 10.7. The van der Waals surface area contributed by atoms with Crippen molar-refractivity contribution in [2.45, 2.75) is 31.8 Å². The summed E-state index contributed by atoms with van der Waals surface area (Å²) in [6, 6.07) is 3.66. The lowest BCUT2D eigenvalue weighted by molar-refractivity contribution is -0.384. The predicted molar refractivity (Wildman–Crippen MR) is 74.6 cm³/mol. The summed E-state index contributed by atoms with van der Waals surface area (Å²) < 4.78 is 0. The summed E-state index contributed by atoms with van der Waals surface area (Å²) in [4.78, 5) is 16.6. The minimum absolute atomic E-state index is 0.0503. The van der Waals surface area contributed by atoms with Crippen LogP contribution in [0.5, 0.6) is 0 Å². The van der Waals surface area contributed by atoms with Gasteiger partial charge in [-0.1, -0.05) is 11.6 Å². The van der Waals surface area contributed by atoms with Gasteiger partial charge in [-0.2, -0.15) is 0 Å². The van der Waals surface area contributed by atoms with Crippen LogP contribution in [-0.2, 0) is 0 Å². The number of rotatable bonds is 6. The Morgan fingerprint density at radius 2 is 2.32 bits per heavy atom. The Hall–Kier alpha value is -1.40. The maximum Gasteiger partial charge on any atom is 0.276 e. The molecule has 1 heterocycles. The summed E-state index contributed by atoms with van der Waals surface area (Å²) >= 11 is 5.77. The fraction of sp³-hybridized carbons (Fsp3) is 0.583. The fourth-order valence-electron chi connectivity index (χ4n) is 1.92. The van der Waals surface area contributed by atoms with E-state index in [2.05, 4.69) is 29.2 Å². The van der Waals surface area contributed by atoms with Gasteiger partial charge in [-0.15, -0.1) is 0 Å². The van der Waals surface area contributed by atoms with Crippen LogP contribution in [0.15, 0.2) is 12.1 Å². The first-order chi connectivity index (χ1) is 8.97. The molecule has 6 nitrogen and oxygen atoms in total. The summed E-state index contributed by atoms with van der Waals surface area (Å²) in [7, 11) is 2.10. The van der Waals surface area contributed by atoms with Crippen molar-refractivity contribution in [2.24, 2.45) is 0 Å². The van der Waals surface area contributed by atoms with Crippen LogP contribution in [0.4, 0.5) is 11.5 Å². The van der Waals surface area contributed by atoms with E-state index in [-0.39, 0.29) is 10.8 Å². The molecule has 2 rings (SSSR count). The number of hydrogen-bond donors (Lipinski definition) is 1. The van der Waals surface area contributed by atoms with Crippen LogP contribution in [0, 0.1) is 10.1 Å². The molecule has 0 spiro atoms. The van der Waals surface area contributed by atoms with Gasteiger partial charge in [0.15, 0.2) is 0 Å². The molecule has 1 saturated carbocycles. The predicted octanol–water partition coefficient (Wildman–Crippen LogP) is 2.54. The summed E-state index contributed by atoms with van der Waals surface area (Å²) in [6.07, 6.45) is 2.50. The van der Waals surface area contributed by atoms with E-state index in [1.165, 1.54) is 25.0 Å². The second-order valence-electron chi connectivity index (χ2n) is 4.92. The molecule has 0 amide bonds. The van der Waals surface area contributed by atoms with Crippen molar-refractivity contribution in [1.82, 2.24) is 9.88 Å². The van der Waals surface area contributed by atoms with Gasteiger partial charge in [-0.3, -0.25) is 15.0 Å². The molecule has 1 fully saturated rings. The maximum atomic E-state index is 10.7. The molecule has 1 aliphatic carbocycles. The second kappa shape index (κ2) is 5.71. The van der Waals surface area contributed by atoms with Gasteiger partial charge in [-0.25, -0.2) is 4.98 Å². The average Bonchev–Trinajstić information content (AvgIpc) is 3.18. The van der Waals surface area contributed by atoms with E-state index >= 15 is 0 Å². The van der Waals surface area contributed by atoms with Crippen molar-refractivity contribution in [3.63, 3.8) is 0 Å². The van der Waals surface area contributed by atoms with E-state index < -0.39 is 4.92 Å². The van der Waals surface area contributed by atoms with E-state index in [0.29, 0.717) is 24.4 Å². The first kappa shape index (κ1) is 14.0. The highest BCUT2D eigenvalue weighted by Crippen LogP contribution is 2.27. The van der Waals surface area contributed by atoms with Crippen molar-refractivity contribution in [3.05, 3.63) is 27.4 Å². The highest BCUT2D eigenvalue weighted by molar-refractivity contribution is 6.29. The quantitative estimate of drug-likeness (QED) is 0.494. The highest BCUT2D eigenvalue weighted by Gasteiger charge is 2.28. The Labute approximate surface area is 116 Å². The molecule has 1 aliphatic rings. The van der Waals surface area contributed by atoms with Crippen LogP contribution < -0.4 is 5.32 Å². The van der Waals surface area contributed by atoms with E-state index in [0.717, 1.165) is 0 Å². The molecule has 0 bridgehead atoms. The molecular weight excluding hydrogens is 268 g/mol. The first-order valence-corrected chi connectivity index (χ1v) is 6.63. The van der Waals surface area contributed by atoms with Crippen molar-refractivity contribution < 1.29 is 4.92 Å². The molecule has 0 radical (unpaired) electrons. The number of nitro groups is 1.